The highest BCUT2D eigenvalue weighted by Gasteiger charge is 2.20. The van der Waals surface area contributed by atoms with Crippen LogP contribution >= 0.6 is 24.2 Å². The minimum atomic E-state index is -0.325. The number of hydrogen-bond donors (Lipinski definition) is 2. The van der Waals surface area contributed by atoms with Crippen molar-refractivity contribution in [3.8, 4) is 0 Å². The lowest BCUT2D eigenvalue weighted by Crippen LogP contribution is -2.49. The summed E-state index contributed by atoms with van der Waals surface area (Å²) < 4.78 is 13.4. The molecule has 1 amide bonds. The predicted octanol–water partition coefficient (Wildman–Crippen LogP) is 3.36. The van der Waals surface area contributed by atoms with E-state index in [-0.39, 0.29) is 29.7 Å². The van der Waals surface area contributed by atoms with E-state index in [0.717, 1.165) is 12.8 Å². The van der Waals surface area contributed by atoms with E-state index in [4.69, 9.17) is 5.73 Å². The van der Waals surface area contributed by atoms with Gasteiger partial charge in [0.1, 0.15) is 5.82 Å². The van der Waals surface area contributed by atoms with Gasteiger partial charge in [-0.15, -0.1) is 24.2 Å². The molecule has 1 aromatic carbocycles. The topological polar surface area (TPSA) is 55.1 Å². The average Bonchev–Trinajstić information content (AvgIpc) is 2.47. The Morgan fingerprint density at radius 3 is 2.52 bits per heavy atom. The van der Waals surface area contributed by atoms with Gasteiger partial charge in [-0.25, -0.2) is 4.39 Å². The lowest BCUT2D eigenvalue weighted by molar-refractivity contribution is -0.120. The quantitative estimate of drug-likeness (QED) is 0.717. The Morgan fingerprint density at radius 1 is 1.33 bits per heavy atom. The second-order valence-electron chi connectivity index (χ2n) is 4.88. The van der Waals surface area contributed by atoms with Gasteiger partial charge in [0.25, 0.3) is 0 Å². The van der Waals surface area contributed by atoms with Crippen molar-refractivity contribution in [2.75, 3.05) is 12.3 Å². The third kappa shape index (κ3) is 7.16. The van der Waals surface area contributed by atoms with Crippen LogP contribution in [0.2, 0.25) is 0 Å². The lowest BCUT2D eigenvalue weighted by Gasteiger charge is -2.26. The number of halogens is 2. The summed E-state index contributed by atoms with van der Waals surface area (Å²) in [6, 6.07) is 6.59. The predicted molar refractivity (Wildman–Crippen MR) is 89.5 cm³/mol. The molecule has 0 unspecified atom stereocenters. The molecule has 6 heteroatoms. The fraction of sp³-hybridized carbons (Fsp3) is 0.533. The zero-order valence-corrected chi connectivity index (χ0v) is 14.2. The Labute approximate surface area is 136 Å². The van der Waals surface area contributed by atoms with E-state index in [2.05, 4.69) is 5.32 Å². The van der Waals surface area contributed by atoms with Crippen LogP contribution in [0.5, 0.6) is 0 Å². The van der Waals surface area contributed by atoms with Gasteiger partial charge in [0.05, 0.1) is 0 Å². The summed E-state index contributed by atoms with van der Waals surface area (Å²) in [4.78, 5) is 12.3. The summed E-state index contributed by atoms with van der Waals surface area (Å²) in [5.74, 6) is 0.282. The molecular weight excluding hydrogens is 311 g/mol. The molecule has 0 saturated carbocycles. The van der Waals surface area contributed by atoms with Crippen molar-refractivity contribution in [2.24, 2.45) is 5.73 Å². The van der Waals surface area contributed by atoms with E-state index < -0.39 is 0 Å². The largest absolute Gasteiger partial charge is 0.354 e. The molecule has 1 rings (SSSR count). The van der Waals surface area contributed by atoms with Gasteiger partial charge < -0.3 is 11.1 Å². The smallest absolute Gasteiger partial charge is 0.220 e. The number of nitrogens with two attached hydrogens (primary N) is 1. The highest BCUT2D eigenvalue weighted by molar-refractivity contribution is 7.99. The van der Waals surface area contributed by atoms with Crippen LogP contribution < -0.4 is 11.1 Å². The van der Waals surface area contributed by atoms with Gasteiger partial charge in [-0.1, -0.05) is 26.0 Å². The van der Waals surface area contributed by atoms with Gasteiger partial charge in [-0.3, -0.25) is 4.79 Å². The Kier molecular flexibility index (Phi) is 9.66. The monoisotopic (exact) mass is 334 g/mol. The number of nitrogens with one attached hydrogen (secondary N) is 1. The van der Waals surface area contributed by atoms with Crippen molar-refractivity contribution in [3.05, 3.63) is 30.1 Å². The zero-order chi connectivity index (χ0) is 15.0. The molecule has 3 N–H and O–H groups in total. The minimum absolute atomic E-state index is 0. The molecule has 0 fully saturated rings. The molecule has 3 nitrogen and oxygen atoms in total. The Morgan fingerprint density at radius 2 is 1.95 bits per heavy atom. The highest BCUT2D eigenvalue weighted by atomic mass is 35.5. The summed E-state index contributed by atoms with van der Waals surface area (Å²) >= 11 is 1.35. The van der Waals surface area contributed by atoms with Gasteiger partial charge in [0.15, 0.2) is 0 Å². The number of hydrogen-bond acceptors (Lipinski definition) is 3. The molecule has 0 spiro atoms. The third-order valence-electron chi connectivity index (χ3n) is 3.47. The number of carbonyl (C=O) groups is 1. The van der Waals surface area contributed by atoms with Gasteiger partial charge in [0.2, 0.25) is 5.91 Å². The lowest BCUT2D eigenvalue weighted by atomic mass is 9.94. The van der Waals surface area contributed by atoms with Crippen LogP contribution in [0.3, 0.4) is 0 Å². The van der Waals surface area contributed by atoms with Gasteiger partial charge in [-0.05, 0) is 25.0 Å². The maximum Gasteiger partial charge on any atom is 0.220 e. The van der Waals surface area contributed by atoms with Crippen molar-refractivity contribution >= 4 is 30.1 Å². The molecule has 0 radical (unpaired) electrons. The average molecular weight is 335 g/mol. The summed E-state index contributed by atoms with van der Waals surface area (Å²) in [5, 5.41) is 2.85. The van der Waals surface area contributed by atoms with Gasteiger partial charge >= 0.3 is 0 Å². The molecule has 0 aliphatic heterocycles. The standard InChI is InChI=1S/C15H23FN2OS.ClH/c1-3-15(17,4-2)11-18-14(19)9-10-20-13-8-6-5-7-12(13)16;/h5-8H,3-4,9-11,17H2,1-2H3,(H,18,19);1H. The van der Waals surface area contributed by atoms with Crippen molar-refractivity contribution in [1.82, 2.24) is 5.32 Å². The van der Waals surface area contributed by atoms with E-state index in [0.29, 0.717) is 23.6 Å². The zero-order valence-electron chi connectivity index (χ0n) is 12.5. The summed E-state index contributed by atoms with van der Waals surface area (Å²) in [7, 11) is 0. The van der Waals surface area contributed by atoms with Crippen LogP contribution in [0.25, 0.3) is 0 Å². The molecule has 120 valence electrons. The Hall–Kier alpha value is -0.780. The summed E-state index contributed by atoms with van der Waals surface area (Å²) in [5.41, 5.74) is 5.79. The maximum absolute atomic E-state index is 13.4. The second kappa shape index (κ2) is 10.0. The van der Waals surface area contributed by atoms with Gasteiger partial charge in [0, 0.05) is 29.2 Å². The Bertz CT molecular complexity index is 441. The maximum atomic E-state index is 13.4. The molecule has 21 heavy (non-hydrogen) atoms. The number of carbonyl (C=O) groups excluding carboxylic acids is 1. The molecular formula is C15H24ClFN2OS. The molecule has 0 saturated heterocycles. The minimum Gasteiger partial charge on any atom is -0.354 e. The molecule has 0 aliphatic carbocycles. The fourth-order valence-corrected chi connectivity index (χ4v) is 2.57. The van der Waals surface area contributed by atoms with E-state index in [1.54, 1.807) is 18.2 Å². The molecule has 0 heterocycles. The van der Waals surface area contributed by atoms with Crippen LogP contribution in [0.4, 0.5) is 4.39 Å². The first-order valence-corrected chi connectivity index (χ1v) is 7.92. The third-order valence-corrected chi connectivity index (χ3v) is 4.52. The normalized spacial score (nSPS) is 10.9. The molecule has 0 atom stereocenters. The highest BCUT2D eigenvalue weighted by Crippen LogP contribution is 2.21. The Balaban J connectivity index is 0.00000400. The van der Waals surface area contributed by atoms with E-state index in [9.17, 15) is 9.18 Å². The fourth-order valence-electron chi connectivity index (χ4n) is 1.68. The first kappa shape index (κ1) is 20.2. The van der Waals surface area contributed by atoms with Crippen LogP contribution in [0.15, 0.2) is 29.2 Å². The summed E-state index contributed by atoms with van der Waals surface area (Å²) in [6.07, 6.45) is 2.02. The summed E-state index contributed by atoms with van der Waals surface area (Å²) in [6.45, 7) is 4.52. The first-order valence-electron chi connectivity index (χ1n) is 6.93. The van der Waals surface area contributed by atoms with Gasteiger partial charge in [-0.2, -0.15) is 0 Å². The number of benzene rings is 1. The van der Waals surface area contributed by atoms with Crippen molar-refractivity contribution < 1.29 is 9.18 Å². The van der Waals surface area contributed by atoms with Crippen molar-refractivity contribution in [2.45, 2.75) is 43.5 Å². The molecule has 0 bridgehead atoms. The number of amides is 1. The number of thioether (sulfide) groups is 1. The van der Waals surface area contributed by atoms with E-state index in [1.807, 2.05) is 13.8 Å². The van der Waals surface area contributed by atoms with E-state index in [1.165, 1.54) is 17.8 Å². The molecule has 0 aliphatic rings. The van der Waals surface area contributed by atoms with Crippen LogP contribution in [0, 0.1) is 5.82 Å². The van der Waals surface area contributed by atoms with Crippen LogP contribution in [0.1, 0.15) is 33.1 Å². The SMILES string of the molecule is CCC(N)(CC)CNC(=O)CCSc1ccccc1F.Cl. The van der Waals surface area contributed by atoms with Crippen LogP contribution in [-0.2, 0) is 4.79 Å². The van der Waals surface area contributed by atoms with Crippen LogP contribution in [-0.4, -0.2) is 23.7 Å². The molecule has 1 aromatic rings. The van der Waals surface area contributed by atoms with Crippen molar-refractivity contribution in [3.63, 3.8) is 0 Å². The number of rotatable bonds is 8. The van der Waals surface area contributed by atoms with Crippen molar-refractivity contribution in [1.29, 1.82) is 0 Å². The second-order valence-corrected chi connectivity index (χ2v) is 6.01. The first-order chi connectivity index (χ1) is 9.50. The van der Waals surface area contributed by atoms with E-state index >= 15 is 0 Å². The molecule has 0 aromatic heterocycles.